The molecule has 7 rings (SSSR count). The van der Waals surface area contributed by atoms with Gasteiger partial charge in [-0.2, -0.15) is 0 Å². The van der Waals surface area contributed by atoms with Gasteiger partial charge in [0.15, 0.2) is 11.7 Å². The highest BCUT2D eigenvalue weighted by molar-refractivity contribution is 5.94. The Morgan fingerprint density at radius 2 is 1.98 bits per heavy atom. The molecule has 47 heavy (non-hydrogen) atoms. The van der Waals surface area contributed by atoms with E-state index in [1.165, 1.54) is 15.5 Å². The van der Waals surface area contributed by atoms with E-state index in [2.05, 4.69) is 5.32 Å². The summed E-state index contributed by atoms with van der Waals surface area (Å²) in [6.07, 6.45) is -0.519. The number of cyclic esters (lactones) is 1. The SMILES string of the molecule is CC[C@]1(O)C(=O)OCc2c1cc1n(c2=O)Cc2c-1nc1cc(F)c(C)c3c1c2[C@H](NC(=O)[C@H]1CN(C(=O)OC(C)(C)C)CCO1)CC3. The molecule has 0 bridgehead atoms. The van der Waals surface area contributed by atoms with E-state index in [-0.39, 0.29) is 43.9 Å². The monoisotopic (exact) mass is 648 g/mol. The fraction of sp³-hybridized carbons (Fsp3) is 0.500. The van der Waals surface area contributed by atoms with Crippen molar-refractivity contribution < 1.29 is 38.1 Å². The van der Waals surface area contributed by atoms with Crippen LogP contribution >= 0.6 is 0 Å². The fourth-order valence-electron chi connectivity index (χ4n) is 7.26. The third-order valence-corrected chi connectivity index (χ3v) is 9.71. The maximum Gasteiger partial charge on any atom is 0.410 e. The van der Waals surface area contributed by atoms with Crippen molar-refractivity contribution in [3.63, 3.8) is 0 Å². The summed E-state index contributed by atoms with van der Waals surface area (Å²) in [5.41, 5.74) is 1.20. The third kappa shape index (κ3) is 4.89. The predicted octanol–water partition coefficient (Wildman–Crippen LogP) is 3.27. The molecule has 3 aliphatic heterocycles. The van der Waals surface area contributed by atoms with Gasteiger partial charge >= 0.3 is 12.1 Å². The number of hydrogen-bond acceptors (Lipinski definition) is 9. The first-order valence-electron chi connectivity index (χ1n) is 15.9. The first-order valence-corrected chi connectivity index (χ1v) is 15.9. The minimum Gasteiger partial charge on any atom is -0.458 e. The number of carbonyl (C=O) groups is 3. The number of benzene rings is 1. The highest BCUT2D eigenvalue weighted by Gasteiger charge is 2.46. The minimum absolute atomic E-state index is 0.00152. The molecule has 2 aromatic heterocycles. The number of carbonyl (C=O) groups excluding carboxylic acids is 3. The Kier molecular flexibility index (Phi) is 7.21. The van der Waals surface area contributed by atoms with Gasteiger partial charge in [-0.1, -0.05) is 6.92 Å². The van der Waals surface area contributed by atoms with Gasteiger partial charge in [-0.05, 0) is 69.7 Å². The first-order chi connectivity index (χ1) is 22.2. The molecule has 1 fully saturated rings. The van der Waals surface area contributed by atoms with Crippen molar-refractivity contribution in [1.29, 1.82) is 0 Å². The summed E-state index contributed by atoms with van der Waals surface area (Å²) >= 11 is 0. The van der Waals surface area contributed by atoms with Crippen LogP contribution < -0.4 is 10.9 Å². The number of nitrogens with one attached hydrogen (secondary N) is 1. The molecule has 4 aliphatic rings. The highest BCUT2D eigenvalue weighted by Crippen LogP contribution is 2.46. The van der Waals surface area contributed by atoms with Crippen molar-refractivity contribution >= 4 is 28.9 Å². The van der Waals surface area contributed by atoms with E-state index >= 15 is 4.39 Å². The lowest BCUT2D eigenvalue weighted by Gasteiger charge is -2.35. The van der Waals surface area contributed by atoms with Crippen molar-refractivity contribution in [2.75, 3.05) is 19.7 Å². The highest BCUT2D eigenvalue weighted by atomic mass is 19.1. The Bertz CT molecular complexity index is 1950. The van der Waals surface area contributed by atoms with Crippen LogP contribution in [0.2, 0.25) is 0 Å². The molecule has 2 N–H and O–H groups in total. The van der Waals surface area contributed by atoms with Gasteiger partial charge in [-0.15, -0.1) is 0 Å². The largest absolute Gasteiger partial charge is 0.458 e. The van der Waals surface area contributed by atoms with Crippen LogP contribution in [-0.4, -0.2) is 68.9 Å². The van der Waals surface area contributed by atoms with Crippen LogP contribution in [0.15, 0.2) is 16.9 Å². The van der Waals surface area contributed by atoms with Gasteiger partial charge in [0.25, 0.3) is 11.5 Å². The molecule has 13 heteroatoms. The quantitative estimate of drug-likeness (QED) is 0.319. The van der Waals surface area contributed by atoms with Crippen molar-refractivity contribution in [3.05, 3.63) is 61.7 Å². The number of hydrogen-bond donors (Lipinski definition) is 2. The van der Waals surface area contributed by atoms with Crippen LogP contribution in [0.5, 0.6) is 0 Å². The van der Waals surface area contributed by atoms with Crippen LogP contribution in [0.1, 0.15) is 80.0 Å². The summed E-state index contributed by atoms with van der Waals surface area (Å²) in [6, 6.07) is 2.45. The van der Waals surface area contributed by atoms with Crippen LogP contribution in [0, 0.1) is 12.7 Å². The van der Waals surface area contributed by atoms with Gasteiger partial charge in [0.1, 0.15) is 18.0 Å². The van der Waals surface area contributed by atoms with Crippen LogP contribution in [0.4, 0.5) is 9.18 Å². The van der Waals surface area contributed by atoms with Gasteiger partial charge in [0, 0.05) is 29.1 Å². The van der Waals surface area contributed by atoms with E-state index in [0.717, 1.165) is 16.5 Å². The molecule has 248 valence electrons. The molecule has 5 heterocycles. The van der Waals surface area contributed by atoms with E-state index < -0.39 is 52.7 Å². The zero-order valence-electron chi connectivity index (χ0n) is 27.0. The summed E-state index contributed by atoms with van der Waals surface area (Å²) in [5.74, 6) is -1.64. The molecule has 0 unspecified atom stereocenters. The zero-order chi connectivity index (χ0) is 33.6. The van der Waals surface area contributed by atoms with Gasteiger partial charge in [0.2, 0.25) is 0 Å². The number of aryl methyl sites for hydroxylation is 1. The van der Waals surface area contributed by atoms with Gasteiger partial charge in [-0.3, -0.25) is 9.59 Å². The smallest absolute Gasteiger partial charge is 0.410 e. The second-order valence-electron chi connectivity index (χ2n) is 13.7. The molecule has 2 amide bonds. The van der Waals surface area contributed by atoms with Crippen LogP contribution in [0.3, 0.4) is 0 Å². The van der Waals surface area contributed by atoms with Gasteiger partial charge in [0.05, 0.1) is 48.2 Å². The standard InChI is InChI=1S/C34H37FN4O8/c1-6-34(44)20-11-24-28-18(13-39(24)30(41)19(20)15-46-31(34)42)27-22(8-7-17-16(2)21(35)12-23(36-28)26(17)27)37-29(40)25-14-38(9-10-45-25)32(43)47-33(3,4)5/h11-12,22,25,44H,6-10,13-15H2,1-5H3,(H,37,40)/t22-,25-,34-/m1/s1. The Morgan fingerprint density at radius 1 is 1.21 bits per heavy atom. The molecule has 0 radical (unpaired) electrons. The van der Waals surface area contributed by atoms with Crippen LogP contribution in [0.25, 0.3) is 22.3 Å². The summed E-state index contributed by atoms with van der Waals surface area (Å²) in [7, 11) is 0. The maximum atomic E-state index is 15.2. The predicted molar refractivity (Wildman–Crippen MR) is 166 cm³/mol. The lowest BCUT2D eigenvalue weighted by Crippen LogP contribution is -2.53. The van der Waals surface area contributed by atoms with Crippen molar-refractivity contribution in [1.82, 2.24) is 19.8 Å². The maximum absolute atomic E-state index is 15.2. The van der Waals surface area contributed by atoms with E-state index in [4.69, 9.17) is 19.2 Å². The van der Waals surface area contributed by atoms with E-state index in [9.17, 15) is 24.3 Å². The van der Waals surface area contributed by atoms with Crippen molar-refractivity contribution in [3.8, 4) is 11.4 Å². The number of fused-ring (bicyclic) bond motifs is 5. The number of pyridine rings is 2. The molecular formula is C34H37FN4O8. The lowest BCUT2D eigenvalue weighted by atomic mass is 9.81. The minimum atomic E-state index is -1.99. The molecule has 12 nitrogen and oxygen atoms in total. The molecule has 0 spiro atoms. The van der Waals surface area contributed by atoms with Crippen LogP contribution in [-0.2, 0) is 49.0 Å². The molecule has 0 saturated carbocycles. The Balaban J connectivity index is 1.30. The Hall–Kier alpha value is -4.36. The summed E-state index contributed by atoms with van der Waals surface area (Å²) in [6.45, 7) is 9.02. The Labute approximate surface area is 269 Å². The molecule has 3 aromatic rings. The number of aliphatic hydroxyl groups is 1. The second kappa shape index (κ2) is 10.8. The molecule has 1 saturated heterocycles. The fourth-order valence-corrected chi connectivity index (χ4v) is 7.26. The van der Waals surface area contributed by atoms with Gasteiger partial charge < -0.3 is 34.1 Å². The average molecular weight is 649 g/mol. The lowest BCUT2D eigenvalue weighted by molar-refractivity contribution is -0.172. The number of esters is 1. The van der Waals surface area contributed by atoms with Crippen molar-refractivity contribution in [2.24, 2.45) is 0 Å². The number of amides is 2. The summed E-state index contributed by atoms with van der Waals surface area (Å²) < 4.78 is 33.2. The van der Waals surface area contributed by atoms with E-state index in [0.29, 0.717) is 47.4 Å². The number of nitrogens with zero attached hydrogens (tertiary/aromatic N) is 3. The summed E-state index contributed by atoms with van der Waals surface area (Å²) in [4.78, 5) is 59.3. The van der Waals surface area contributed by atoms with E-state index in [1.54, 1.807) is 40.7 Å². The molecule has 1 aliphatic carbocycles. The van der Waals surface area contributed by atoms with Gasteiger partial charge in [-0.25, -0.2) is 19.0 Å². The molecular weight excluding hydrogens is 611 g/mol. The Morgan fingerprint density at radius 3 is 2.70 bits per heavy atom. The third-order valence-electron chi connectivity index (χ3n) is 9.71. The second-order valence-corrected chi connectivity index (χ2v) is 13.7. The average Bonchev–Trinajstić information content (AvgIpc) is 3.40. The molecule has 3 atom stereocenters. The number of ether oxygens (including phenoxy) is 3. The molecule has 1 aromatic carbocycles. The number of halogens is 1. The summed E-state index contributed by atoms with van der Waals surface area (Å²) in [5, 5.41) is 15.1. The zero-order valence-corrected chi connectivity index (χ0v) is 27.0. The topological polar surface area (TPSA) is 149 Å². The number of morpholine rings is 1. The first kappa shape index (κ1) is 31.3. The number of rotatable bonds is 3. The van der Waals surface area contributed by atoms with Crippen molar-refractivity contribution in [2.45, 2.75) is 90.4 Å². The van der Waals surface area contributed by atoms with E-state index in [1.807, 2.05) is 0 Å². The number of aromatic nitrogens is 2. The normalized spacial score (nSPS) is 23.1.